The molecule has 37 heavy (non-hydrogen) atoms. The molecule has 1 atom stereocenters. The maximum absolute atomic E-state index is 13.1. The second kappa shape index (κ2) is 11.0. The molecule has 1 aliphatic rings. The lowest BCUT2D eigenvalue weighted by Gasteiger charge is -2.16. The lowest BCUT2D eigenvalue weighted by molar-refractivity contribution is -0.141. The SMILES string of the molecule is CCn1c(=O)n(N)/c(=N\c2ccc(OC3=CC(C(=O)OC)NC=N3)cc2)n(Cc2ccc(Cl)cc2)c1=O. The Labute approximate surface area is 215 Å². The first-order valence-corrected chi connectivity index (χ1v) is 11.6. The van der Waals surface area contributed by atoms with Gasteiger partial charge in [0.2, 0.25) is 11.5 Å². The quantitative estimate of drug-likeness (QED) is 0.343. The normalized spacial score (nSPS) is 15.2. The number of hydrogen-bond acceptors (Lipinski definition) is 9. The highest BCUT2D eigenvalue weighted by atomic mass is 35.5. The van der Waals surface area contributed by atoms with Crippen LogP contribution in [0.4, 0.5) is 5.69 Å². The van der Waals surface area contributed by atoms with Gasteiger partial charge in [-0.15, -0.1) is 0 Å². The number of aliphatic imine (C=N–C) groups is 1. The van der Waals surface area contributed by atoms with Crippen LogP contribution in [0.3, 0.4) is 0 Å². The van der Waals surface area contributed by atoms with Crippen LogP contribution < -0.4 is 32.9 Å². The van der Waals surface area contributed by atoms with E-state index in [1.807, 2.05) is 0 Å². The number of nitrogen functional groups attached to an aromatic ring is 1. The molecule has 12 nitrogen and oxygen atoms in total. The molecule has 2 aromatic carbocycles. The van der Waals surface area contributed by atoms with Gasteiger partial charge in [-0.2, -0.15) is 4.68 Å². The molecular formula is C24H24ClN7O5. The summed E-state index contributed by atoms with van der Waals surface area (Å²) in [6.07, 6.45) is 2.83. The Kier molecular flexibility index (Phi) is 7.58. The second-order valence-corrected chi connectivity index (χ2v) is 8.27. The summed E-state index contributed by atoms with van der Waals surface area (Å²) in [7, 11) is 1.29. The van der Waals surface area contributed by atoms with E-state index in [2.05, 4.69) is 15.3 Å². The molecule has 3 aromatic rings. The zero-order valence-electron chi connectivity index (χ0n) is 20.0. The van der Waals surface area contributed by atoms with Crippen molar-refractivity contribution >= 4 is 29.6 Å². The minimum atomic E-state index is -0.714. The fraction of sp³-hybridized carbons (Fsp3) is 0.208. The molecule has 0 amide bonds. The van der Waals surface area contributed by atoms with Crippen molar-refractivity contribution in [2.45, 2.75) is 26.1 Å². The molecule has 3 N–H and O–H groups in total. The van der Waals surface area contributed by atoms with Crippen LogP contribution in [0.1, 0.15) is 12.5 Å². The van der Waals surface area contributed by atoms with Crippen LogP contribution in [0.2, 0.25) is 5.02 Å². The highest BCUT2D eigenvalue weighted by Crippen LogP contribution is 2.20. The lowest BCUT2D eigenvalue weighted by Crippen LogP contribution is -2.57. The number of esters is 1. The van der Waals surface area contributed by atoms with Crippen molar-refractivity contribution in [2.75, 3.05) is 13.0 Å². The van der Waals surface area contributed by atoms with Gasteiger partial charge >= 0.3 is 17.3 Å². The summed E-state index contributed by atoms with van der Waals surface area (Å²) in [5.74, 6) is 6.22. The number of nitrogens with two attached hydrogens (primary N) is 1. The van der Waals surface area contributed by atoms with Crippen molar-refractivity contribution in [3.63, 3.8) is 0 Å². The van der Waals surface area contributed by atoms with Crippen molar-refractivity contribution in [3.8, 4) is 5.75 Å². The van der Waals surface area contributed by atoms with Crippen molar-refractivity contribution in [2.24, 2.45) is 9.98 Å². The van der Waals surface area contributed by atoms with Gasteiger partial charge in [-0.1, -0.05) is 23.7 Å². The molecule has 1 unspecified atom stereocenters. The Morgan fingerprint density at radius 2 is 1.81 bits per heavy atom. The molecule has 0 spiro atoms. The maximum atomic E-state index is 13.1. The Morgan fingerprint density at radius 3 is 2.46 bits per heavy atom. The third-order valence-electron chi connectivity index (χ3n) is 5.42. The maximum Gasteiger partial charge on any atom is 0.353 e. The molecule has 0 bridgehead atoms. The molecule has 0 saturated carbocycles. The molecular weight excluding hydrogens is 502 g/mol. The summed E-state index contributed by atoms with van der Waals surface area (Å²) in [4.78, 5) is 46.1. The minimum absolute atomic E-state index is 0.0325. The molecule has 4 rings (SSSR count). The standard InChI is InChI=1S/C24H24ClN7O5/c1-3-30-23(34)31(13-15-4-6-16(25)7-5-15)22(32(26)24(30)35)29-17-8-10-18(11-9-17)37-20-12-19(21(33)36-2)27-14-28-20/h4-12,14,19H,3,13,26H2,1-2H3,(H,27,28)/b29-22-. The number of methoxy groups -OCH3 is 1. The van der Waals surface area contributed by atoms with Crippen LogP contribution in [-0.4, -0.2) is 39.3 Å². The zero-order valence-corrected chi connectivity index (χ0v) is 20.8. The van der Waals surface area contributed by atoms with E-state index in [1.54, 1.807) is 55.5 Å². The predicted octanol–water partition coefficient (Wildman–Crippen LogP) is 0.873. The Hall–Kier alpha value is -4.58. The van der Waals surface area contributed by atoms with Gasteiger partial charge in [0.05, 0.1) is 25.7 Å². The van der Waals surface area contributed by atoms with Crippen molar-refractivity contribution in [3.05, 3.63) is 97.7 Å². The molecule has 0 fully saturated rings. The highest BCUT2D eigenvalue weighted by Gasteiger charge is 2.19. The Balaban J connectivity index is 1.69. The molecule has 0 aliphatic carbocycles. The monoisotopic (exact) mass is 525 g/mol. The molecule has 0 saturated heterocycles. The average Bonchev–Trinajstić information content (AvgIpc) is 2.91. The van der Waals surface area contributed by atoms with Gasteiger partial charge < -0.3 is 20.6 Å². The average molecular weight is 526 g/mol. The summed E-state index contributed by atoms with van der Waals surface area (Å²) in [5.41, 5.74) is -0.0724. The summed E-state index contributed by atoms with van der Waals surface area (Å²) in [5, 5.41) is 3.31. The molecule has 2 heterocycles. The number of rotatable bonds is 7. The molecule has 1 aromatic heterocycles. The predicted molar refractivity (Wildman–Crippen MR) is 137 cm³/mol. The largest absolute Gasteiger partial charge is 0.467 e. The first-order chi connectivity index (χ1) is 17.8. The Morgan fingerprint density at radius 1 is 1.11 bits per heavy atom. The van der Waals surface area contributed by atoms with Gasteiger partial charge in [0, 0.05) is 17.6 Å². The molecule has 0 radical (unpaired) electrons. The molecule has 192 valence electrons. The van der Waals surface area contributed by atoms with E-state index >= 15 is 0 Å². The van der Waals surface area contributed by atoms with Gasteiger partial charge in [-0.3, -0.25) is 4.57 Å². The molecule has 1 aliphatic heterocycles. The summed E-state index contributed by atoms with van der Waals surface area (Å²) >= 11 is 5.98. The second-order valence-electron chi connectivity index (χ2n) is 7.83. The van der Waals surface area contributed by atoms with Gasteiger partial charge in [0.15, 0.2) is 0 Å². The van der Waals surface area contributed by atoms with E-state index in [1.165, 1.54) is 24.1 Å². The van der Waals surface area contributed by atoms with E-state index < -0.39 is 23.4 Å². The van der Waals surface area contributed by atoms with Gasteiger partial charge in [0.1, 0.15) is 11.8 Å². The summed E-state index contributed by atoms with van der Waals surface area (Å²) in [6.45, 7) is 1.95. The number of aromatic nitrogens is 3. The van der Waals surface area contributed by atoms with E-state index in [0.29, 0.717) is 16.5 Å². The number of hydrogen-bond donors (Lipinski definition) is 2. The number of carbonyl (C=O) groups is 1. The first kappa shape index (κ1) is 25.5. The van der Waals surface area contributed by atoms with E-state index in [9.17, 15) is 14.4 Å². The van der Waals surface area contributed by atoms with Crippen LogP contribution in [0, 0.1) is 0 Å². The van der Waals surface area contributed by atoms with E-state index in [-0.39, 0.29) is 24.6 Å². The zero-order chi connectivity index (χ0) is 26.5. The minimum Gasteiger partial charge on any atom is -0.467 e. The fourth-order valence-corrected chi connectivity index (χ4v) is 3.64. The van der Waals surface area contributed by atoms with Crippen LogP contribution in [0.15, 0.2) is 80.1 Å². The van der Waals surface area contributed by atoms with Gasteiger partial charge in [-0.05, 0) is 48.9 Å². The number of nitrogens with zero attached hydrogens (tertiary/aromatic N) is 5. The van der Waals surface area contributed by atoms with Crippen molar-refractivity contribution in [1.82, 2.24) is 19.1 Å². The number of ether oxygens (including phenoxy) is 2. The van der Waals surface area contributed by atoms with Gasteiger partial charge in [0.25, 0.3) is 0 Å². The highest BCUT2D eigenvalue weighted by molar-refractivity contribution is 6.30. The summed E-state index contributed by atoms with van der Waals surface area (Å²) in [6, 6.07) is 12.8. The van der Waals surface area contributed by atoms with Crippen LogP contribution >= 0.6 is 11.6 Å². The third kappa shape index (κ3) is 5.64. The van der Waals surface area contributed by atoms with E-state index in [4.69, 9.17) is 26.9 Å². The third-order valence-corrected chi connectivity index (χ3v) is 5.68. The van der Waals surface area contributed by atoms with Crippen molar-refractivity contribution < 1.29 is 14.3 Å². The number of nitrogens with one attached hydrogen (secondary N) is 1. The first-order valence-electron chi connectivity index (χ1n) is 11.2. The van der Waals surface area contributed by atoms with E-state index in [0.717, 1.165) is 14.8 Å². The van der Waals surface area contributed by atoms with Crippen LogP contribution in [-0.2, 0) is 22.6 Å². The Bertz CT molecular complexity index is 1550. The van der Waals surface area contributed by atoms with Crippen LogP contribution in [0.5, 0.6) is 5.75 Å². The number of halogens is 1. The lowest BCUT2D eigenvalue weighted by atomic mass is 10.2. The smallest absolute Gasteiger partial charge is 0.353 e. The number of carbonyl (C=O) groups excluding carboxylic acids is 1. The van der Waals surface area contributed by atoms with Crippen molar-refractivity contribution in [1.29, 1.82) is 0 Å². The van der Waals surface area contributed by atoms with Crippen LogP contribution in [0.25, 0.3) is 0 Å². The molecule has 13 heteroatoms. The number of benzene rings is 2. The summed E-state index contributed by atoms with van der Waals surface area (Å²) < 4.78 is 13.6. The fourth-order valence-electron chi connectivity index (χ4n) is 3.52. The topological polar surface area (TPSA) is 147 Å². The van der Waals surface area contributed by atoms with Gasteiger partial charge in [-0.25, -0.2) is 28.9 Å².